The molecule has 0 spiro atoms. The van der Waals surface area contributed by atoms with E-state index in [1.54, 1.807) is 24.3 Å². The highest BCUT2D eigenvalue weighted by molar-refractivity contribution is 6.30. The first-order valence-electron chi connectivity index (χ1n) is 6.70. The second kappa shape index (κ2) is 6.12. The summed E-state index contributed by atoms with van der Waals surface area (Å²) in [5.74, 6) is 0.555. The molecule has 124 valence electrons. The Balaban J connectivity index is 1.91. The second-order valence-corrected chi connectivity index (χ2v) is 5.27. The molecule has 5 nitrogen and oxygen atoms in total. The van der Waals surface area contributed by atoms with Crippen molar-refractivity contribution < 1.29 is 17.9 Å². The number of rotatable bonds is 3. The molecule has 0 aliphatic rings. The minimum atomic E-state index is -4.49. The number of pyridine rings is 2. The van der Waals surface area contributed by atoms with Gasteiger partial charge in [-0.05, 0) is 12.1 Å². The van der Waals surface area contributed by atoms with E-state index in [4.69, 9.17) is 16.3 Å². The molecule has 0 saturated carbocycles. The lowest BCUT2D eigenvalue weighted by Crippen LogP contribution is -2.11. The topological polar surface area (TPSA) is 52.8 Å². The molecule has 0 saturated heterocycles. The first-order chi connectivity index (χ1) is 11.3. The highest BCUT2D eigenvalue weighted by atomic mass is 35.5. The van der Waals surface area contributed by atoms with Crippen LogP contribution in [0.3, 0.4) is 0 Å². The lowest BCUT2D eigenvalue weighted by molar-refractivity contribution is -0.143. The van der Waals surface area contributed by atoms with Crippen molar-refractivity contribution in [3.63, 3.8) is 0 Å². The zero-order valence-corrected chi connectivity index (χ0v) is 13.0. The Labute approximate surface area is 139 Å². The van der Waals surface area contributed by atoms with Gasteiger partial charge in [-0.15, -0.1) is 0 Å². The van der Waals surface area contributed by atoms with Crippen molar-refractivity contribution in [3.05, 3.63) is 53.4 Å². The summed E-state index contributed by atoms with van der Waals surface area (Å²) >= 11 is 5.82. The van der Waals surface area contributed by atoms with Gasteiger partial charge in [0.25, 0.3) is 0 Å². The fraction of sp³-hybridized carbons (Fsp3) is 0.133. The molecule has 0 unspecified atom stereocenters. The number of hydrogen-bond acceptors (Lipinski definition) is 4. The molecular weight excluding hydrogens is 345 g/mol. The molecule has 0 fully saturated rings. The molecule has 3 aromatic rings. The number of ether oxygens (including phenoxy) is 1. The van der Waals surface area contributed by atoms with E-state index in [-0.39, 0.29) is 17.3 Å². The van der Waals surface area contributed by atoms with E-state index in [0.717, 1.165) is 10.7 Å². The molecule has 9 heteroatoms. The number of alkyl halides is 3. The van der Waals surface area contributed by atoms with Gasteiger partial charge in [-0.2, -0.15) is 18.3 Å². The van der Waals surface area contributed by atoms with E-state index in [1.165, 1.54) is 19.4 Å². The van der Waals surface area contributed by atoms with Crippen LogP contribution >= 0.6 is 11.6 Å². The predicted molar refractivity (Wildman–Crippen MR) is 80.8 cm³/mol. The molecule has 3 aromatic heterocycles. The summed E-state index contributed by atoms with van der Waals surface area (Å²) < 4.78 is 44.9. The number of hydrogen-bond donors (Lipinski definition) is 0. The Morgan fingerprint density at radius 2 is 1.92 bits per heavy atom. The summed E-state index contributed by atoms with van der Waals surface area (Å²) in [5, 5.41) is 4.25. The standard InChI is InChI=1S/C15H10ClF3N4O/c1-23-13(15(17,18)19)6-12(22-23)11-3-2-4-14(21-11)24-10-5-9(16)7-20-8-10/h2-8H,1H3. The van der Waals surface area contributed by atoms with Gasteiger partial charge in [0.2, 0.25) is 5.88 Å². The van der Waals surface area contributed by atoms with E-state index in [9.17, 15) is 13.2 Å². The predicted octanol–water partition coefficient (Wildman–Crippen LogP) is 4.34. The van der Waals surface area contributed by atoms with Crippen molar-refractivity contribution in [2.45, 2.75) is 6.18 Å². The van der Waals surface area contributed by atoms with Gasteiger partial charge >= 0.3 is 6.18 Å². The van der Waals surface area contributed by atoms with Crippen molar-refractivity contribution in [2.24, 2.45) is 7.05 Å². The Morgan fingerprint density at radius 3 is 2.58 bits per heavy atom. The Bertz CT molecular complexity index is 879. The molecule has 24 heavy (non-hydrogen) atoms. The maximum atomic E-state index is 12.9. The van der Waals surface area contributed by atoms with Crippen LogP contribution in [0.25, 0.3) is 11.4 Å². The SMILES string of the molecule is Cn1nc(-c2cccc(Oc3cncc(Cl)c3)n2)cc1C(F)(F)F. The number of nitrogens with zero attached hydrogens (tertiary/aromatic N) is 4. The molecule has 0 N–H and O–H groups in total. The zero-order chi connectivity index (χ0) is 17.3. The normalized spacial score (nSPS) is 11.5. The maximum absolute atomic E-state index is 12.9. The van der Waals surface area contributed by atoms with Gasteiger partial charge in [0.1, 0.15) is 17.1 Å². The van der Waals surface area contributed by atoms with Crippen molar-refractivity contribution >= 4 is 11.6 Å². The van der Waals surface area contributed by atoms with Crippen LogP contribution in [0.4, 0.5) is 13.2 Å². The number of halogens is 4. The van der Waals surface area contributed by atoms with Gasteiger partial charge in [-0.3, -0.25) is 9.67 Å². The zero-order valence-electron chi connectivity index (χ0n) is 12.3. The smallest absolute Gasteiger partial charge is 0.433 e. The molecule has 0 amide bonds. The van der Waals surface area contributed by atoms with Gasteiger partial charge in [-0.25, -0.2) is 4.98 Å². The highest BCUT2D eigenvalue weighted by Crippen LogP contribution is 2.32. The average Bonchev–Trinajstić information content (AvgIpc) is 2.90. The summed E-state index contributed by atoms with van der Waals surface area (Å²) in [6.07, 6.45) is -1.59. The third-order valence-corrected chi connectivity index (χ3v) is 3.27. The van der Waals surface area contributed by atoms with Crippen LogP contribution in [0, 0.1) is 0 Å². The van der Waals surface area contributed by atoms with E-state index < -0.39 is 11.9 Å². The van der Waals surface area contributed by atoms with Gasteiger partial charge in [0.15, 0.2) is 0 Å². The summed E-state index contributed by atoms with van der Waals surface area (Å²) in [6, 6.07) is 7.21. The van der Waals surface area contributed by atoms with Gasteiger partial charge < -0.3 is 4.74 Å². The molecule has 0 radical (unpaired) electrons. The maximum Gasteiger partial charge on any atom is 0.433 e. The lowest BCUT2D eigenvalue weighted by atomic mass is 10.2. The summed E-state index contributed by atoms with van der Waals surface area (Å²) in [5.41, 5.74) is -0.502. The average molecular weight is 355 g/mol. The van der Waals surface area contributed by atoms with E-state index in [2.05, 4.69) is 15.1 Å². The van der Waals surface area contributed by atoms with Crippen molar-refractivity contribution in [3.8, 4) is 23.0 Å². The second-order valence-electron chi connectivity index (χ2n) is 4.84. The minimum Gasteiger partial charge on any atom is -0.437 e. The largest absolute Gasteiger partial charge is 0.437 e. The van der Waals surface area contributed by atoms with Crippen molar-refractivity contribution in [1.82, 2.24) is 19.7 Å². The molecule has 0 atom stereocenters. The van der Waals surface area contributed by atoms with Crippen LogP contribution in [-0.2, 0) is 13.2 Å². The molecule has 0 bridgehead atoms. The summed E-state index contributed by atoms with van der Waals surface area (Å²) in [4.78, 5) is 8.05. The number of aromatic nitrogens is 4. The number of aryl methyl sites for hydroxylation is 1. The third-order valence-electron chi connectivity index (χ3n) is 3.06. The molecule has 0 aromatic carbocycles. The molecule has 3 heterocycles. The quantitative estimate of drug-likeness (QED) is 0.702. The van der Waals surface area contributed by atoms with Crippen LogP contribution in [0.5, 0.6) is 11.6 Å². The Hall–Kier alpha value is -2.61. The summed E-state index contributed by atoms with van der Waals surface area (Å²) in [6.45, 7) is 0. The summed E-state index contributed by atoms with van der Waals surface area (Å²) in [7, 11) is 1.23. The van der Waals surface area contributed by atoms with Gasteiger partial charge in [0.05, 0.1) is 16.9 Å². The minimum absolute atomic E-state index is 0.0968. The van der Waals surface area contributed by atoms with Crippen LogP contribution in [0.2, 0.25) is 5.02 Å². The Kier molecular flexibility index (Phi) is 4.15. The van der Waals surface area contributed by atoms with Crippen LogP contribution in [0.1, 0.15) is 5.69 Å². The fourth-order valence-electron chi connectivity index (χ4n) is 2.04. The molecular formula is C15H10ClF3N4O. The third kappa shape index (κ3) is 3.48. The van der Waals surface area contributed by atoms with Gasteiger partial charge in [0, 0.05) is 25.4 Å². The monoisotopic (exact) mass is 354 g/mol. The van der Waals surface area contributed by atoms with Gasteiger partial charge in [-0.1, -0.05) is 17.7 Å². The van der Waals surface area contributed by atoms with E-state index in [0.29, 0.717) is 10.8 Å². The fourth-order valence-corrected chi connectivity index (χ4v) is 2.20. The lowest BCUT2D eigenvalue weighted by Gasteiger charge is -2.05. The van der Waals surface area contributed by atoms with E-state index in [1.807, 2.05) is 0 Å². The van der Waals surface area contributed by atoms with Crippen LogP contribution in [0.15, 0.2) is 42.7 Å². The first-order valence-corrected chi connectivity index (χ1v) is 7.08. The van der Waals surface area contributed by atoms with Crippen LogP contribution < -0.4 is 4.74 Å². The van der Waals surface area contributed by atoms with E-state index >= 15 is 0 Å². The highest BCUT2D eigenvalue weighted by Gasteiger charge is 2.35. The molecule has 0 aliphatic carbocycles. The molecule has 3 rings (SSSR count). The van der Waals surface area contributed by atoms with Crippen LogP contribution in [-0.4, -0.2) is 19.7 Å². The van der Waals surface area contributed by atoms with Crippen molar-refractivity contribution in [2.75, 3.05) is 0 Å². The molecule has 0 aliphatic heterocycles. The van der Waals surface area contributed by atoms with Crippen molar-refractivity contribution in [1.29, 1.82) is 0 Å². The Morgan fingerprint density at radius 1 is 1.12 bits per heavy atom. The first kappa shape index (κ1) is 16.3.